The van der Waals surface area contributed by atoms with E-state index in [4.69, 9.17) is 9.47 Å². The zero-order valence-electron chi connectivity index (χ0n) is 16.7. The van der Waals surface area contributed by atoms with Crippen LogP contribution in [0.4, 0.5) is 0 Å². The summed E-state index contributed by atoms with van der Waals surface area (Å²) in [5.74, 6) is 0.878. The van der Waals surface area contributed by atoms with Gasteiger partial charge < -0.3 is 19.7 Å². The molecule has 2 saturated heterocycles. The second-order valence-corrected chi connectivity index (χ2v) is 10.9. The SMILES string of the molecule is CN=C(NCCS(=O)(=O)C(C)(C)C)N1CCC(OCC2CCCO2)CC1. The van der Waals surface area contributed by atoms with Gasteiger partial charge in [-0.1, -0.05) is 0 Å². The van der Waals surface area contributed by atoms with Crippen LogP contribution < -0.4 is 5.32 Å². The highest BCUT2D eigenvalue weighted by molar-refractivity contribution is 7.92. The van der Waals surface area contributed by atoms with Gasteiger partial charge in [0.15, 0.2) is 15.8 Å². The molecule has 0 aromatic carbocycles. The molecule has 0 radical (unpaired) electrons. The highest BCUT2D eigenvalue weighted by Crippen LogP contribution is 2.18. The molecule has 2 fully saturated rings. The summed E-state index contributed by atoms with van der Waals surface area (Å²) in [6.07, 6.45) is 4.69. The van der Waals surface area contributed by atoms with Crippen molar-refractivity contribution in [2.45, 2.75) is 63.4 Å². The van der Waals surface area contributed by atoms with Crippen LogP contribution in [0.3, 0.4) is 0 Å². The zero-order chi connectivity index (χ0) is 19.2. The van der Waals surface area contributed by atoms with Crippen molar-refractivity contribution in [3.8, 4) is 0 Å². The van der Waals surface area contributed by atoms with Crippen molar-refractivity contribution in [3.05, 3.63) is 0 Å². The van der Waals surface area contributed by atoms with E-state index in [1.807, 2.05) is 0 Å². The maximum atomic E-state index is 12.2. The van der Waals surface area contributed by atoms with Crippen molar-refractivity contribution in [1.29, 1.82) is 0 Å². The van der Waals surface area contributed by atoms with Gasteiger partial charge in [-0.15, -0.1) is 0 Å². The first-order valence-electron chi connectivity index (χ1n) is 9.64. The predicted molar refractivity (Wildman–Crippen MR) is 104 cm³/mol. The molecule has 26 heavy (non-hydrogen) atoms. The molecule has 8 heteroatoms. The third-order valence-corrected chi connectivity index (χ3v) is 7.69. The first-order valence-corrected chi connectivity index (χ1v) is 11.3. The van der Waals surface area contributed by atoms with Gasteiger partial charge in [0.05, 0.1) is 29.3 Å². The topological polar surface area (TPSA) is 80.2 Å². The Morgan fingerprint density at radius 3 is 2.50 bits per heavy atom. The van der Waals surface area contributed by atoms with Gasteiger partial charge in [0.1, 0.15) is 0 Å². The van der Waals surface area contributed by atoms with Crippen LogP contribution in [0.2, 0.25) is 0 Å². The molecule has 2 aliphatic rings. The molecule has 1 N–H and O–H groups in total. The van der Waals surface area contributed by atoms with E-state index < -0.39 is 14.6 Å². The predicted octanol–water partition coefficient (Wildman–Crippen LogP) is 1.44. The molecule has 0 amide bonds. The van der Waals surface area contributed by atoms with E-state index in [9.17, 15) is 8.42 Å². The Labute approximate surface area is 158 Å². The molecule has 0 bridgehead atoms. The maximum absolute atomic E-state index is 12.2. The summed E-state index contributed by atoms with van der Waals surface area (Å²) in [6.45, 7) is 8.86. The molecule has 1 unspecified atom stereocenters. The number of aliphatic imine (C=N–C) groups is 1. The van der Waals surface area contributed by atoms with Crippen LogP contribution >= 0.6 is 0 Å². The van der Waals surface area contributed by atoms with Gasteiger partial charge in [-0.25, -0.2) is 8.42 Å². The van der Waals surface area contributed by atoms with Crippen LogP contribution in [0, 0.1) is 0 Å². The number of hydrogen-bond donors (Lipinski definition) is 1. The number of sulfone groups is 1. The highest BCUT2D eigenvalue weighted by atomic mass is 32.2. The molecule has 2 heterocycles. The highest BCUT2D eigenvalue weighted by Gasteiger charge is 2.29. The van der Waals surface area contributed by atoms with Gasteiger partial charge in [0, 0.05) is 33.3 Å². The minimum absolute atomic E-state index is 0.108. The minimum atomic E-state index is -3.12. The smallest absolute Gasteiger partial charge is 0.193 e. The molecular weight excluding hydrogens is 354 g/mol. The number of nitrogens with one attached hydrogen (secondary N) is 1. The molecule has 1 atom stereocenters. The lowest BCUT2D eigenvalue weighted by atomic mass is 10.1. The third kappa shape index (κ3) is 6.09. The van der Waals surface area contributed by atoms with Crippen molar-refractivity contribution in [3.63, 3.8) is 0 Å². The first-order chi connectivity index (χ1) is 12.2. The van der Waals surface area contributed by atoms with Gasteiger partial charge >= 0.3 is 0 Å². The van der Waals surface area contributed by atoms with Crippen LogP contribution in [-0.2, 0) is 19.3 Å². The molecule has 0 aromatic heterocycles. The Kier molecular flexibility index (Phi) is 7.73. The van der Waals surface area contributed by atoms with Gasteiger partial charge in [-0.2, -0.15) is 0 Å². The molecule has 7 nitrogen and oxygen atoms in total. The van der Waals surface area contributed by atoms with Crippen LogP contribution in [0.1, 0.15) is 46.5 Å². The molecule has 0 saturated carbocycles. The maximum Gasteiger partial charge on any atom is 0.193 e. The van der Waals surface area contributed by atoms with E-state index in [1.54, 1.807) is 27.8 Å². The normalized spacial score (nSPS) is 23.5. The Hall–Kier alpha value is -0.860. The van der Waals surface area contributed by atoms with Crippen molar-refractivity contribution < 1.29 is 17.9 Å². The third-order valence-electron chi connectivity index (χ3n) is 5.08. The summed E-state index contributed by atoms with van der Waals surface area (Å²) >= 11 is 0. The van der Waals surface area contributed by atoms with Crippen LogP contribution in [0.5, 0.6) is 0 Å². The molecule has 0 aliphatic carbocycles. The number of nitrogens with zero attached hydrogens (tertiary/aromatic N) is 2. The van der Waals surface area contributed by atoms with E-state index in [0.29, 0.717) is 13.2 Å². The van der Waals surface area contributed by atoms with Gasteiger partial charge in [0.2, 0.25) is 0 Å². The minimum Gasteiger partial charge on any atom is -0.376 e. The van der Waals surface area contributed by atoms with Gasteiger partial charge in [-0.3, -0.25) is 4.99 Å². The average molecular weight is 390 g/mol. The Bertz CT molecular complexity index is 557. The fraction of sp³-hybridized carbons (Fsp3) is 0.944. The summed E-state index contributed by atoms with van der Waals surface area (Å²) in [5.41, 5.74) is 0. The fourth-order valence-corrected chi connectivity index (χ4v) is 4.17. The monoisotopic (exact) mass is 389 g/mol. The van der Waals surface area contributed by atoms with E-state index >= 15 is 0 Å². The standard InChI is InChI=1S/C18H35N3O4S/c1-18(2,3)26(22,23)13-9-20-17(19-4)21-10-7-15(8-11-21)25-14-16-6-5-12-24-16/h15-16H,5-14H2,1-4H3,(H,19,20). The van der Waals surface area contributed by atoms with Crippen LogP contribution in [0.15, 0.2) is 4.99 Å². The second kappa shape index (κ2) is 9.37. The molecule has 0 spiro atoms. The molecule has 0 aromatic rings. The molecule has 2 rings (SSSR count). The molecule has 2 aliphatic heterocycles. The second-order valence-electron chi connectivity index (χ2n) is 8.06. The first kappa shape index (κ1) is 21.4. The van der Waals surface area contributed by atoms with E-state index in [-0.39, 0.29) is 18.0 Å². The number of guanidine groups is 1. The summed E-state index contributed by atoms with van der Waals surface area (Å²) in [7, 11) is -1.39. The molecular formula is C18H35N3O4S. The fourth-order valence-electron chi connectivity index (χ4n) is 3.19. The largest absolute Gasteiger partial charge is 0.376 e. The van der Waals surface area contributed by atoms with Gasteiger partial charge in [-0.05, 0) is 46.5 Å². The van der Waals surface area contributed by atoms with Crippen molar-refractivity contribution in [2.75, 3.05) is 45.6 Å². The lowest BCUT2D eigenvalue weighted by molar-refractivity contribution is -0.0367. The number of rotatable bonds is 6. The molecule has 152 valence electrons. The van der Waals surface area contributed by atoms with E-state index in [1.165, 1.54) is 0 Å². The Morgan fingerprint density at radius 2 is 1.96 bits per heavy atom. The zero-order valence-corrected chi connectivity index (χ0v) is 17.5. The number of hydrogen-bond acceptors (Lipinski definition) is 5. The van der Waals surface area contributed by atoms with Crippen LogP contribution in [-0.4, -0.2) is 81.9 Å². The van der Waals surface area contributed by atoms with E-state index in [2.05, 4.69) is 15.2 Å². The Morgan fingerprint density at radius 1 is 1.27 bits per heavy atom. The quantitative estimate of drug-likeness (QED) is 0.547. The van der Waals surface area contributed by atoms with Gasteiger partial charge in [0.25, 0.3) is 0 Å². The van der Waals surface area contributed by atoms with Crippen molar-refractivity contribution in [1.82, 2.24) is 10.2 Å². The Balaban J connectivity index is 1.71. The summed E-state index contributed by atoms with van der Waals surface area (Å²) < 4.78 is 35.3. The average Bonchev–Trinajstić information content (AvgIpc) is 3.10. The number of piperidine rings is 1. The summed E-state index contributed by atoms with van der Waals surface area (Å²) in [4.78, 5) is 6.48. The van der Waals surface area contributed by atoms with Crippen molar-refractivity contribution >= 4 is 15.8 Å². The lowest BCUT2D eigenvalue weighted by Gasteiger charge is -2.34. The summed E-state index contributed by atoms with van der Waals surface area (Å²) in [6, 6.07) is 0. The number of ether oxygens (including phenoxy) is 2. The van der Waals surface area contributed by atoms with E-state index in [0.717, 1.165) is 51.3 Å². The van der Waals surface area contributed by atoms with Crippen LogP contribution in [0.25, 0.3) is 0 Å². The number of likely N-dealkylation sites (tertiary alicyclic amines) is 1. The lowest BCUT2D eigenvalue weighted by Crippen LogP contribution is -2.48. The van der Waals surface area contributed by atoms with Crippen molar-refractivity contribution in [2.24, 2.45) is 4.99 Å². The summed E-state index contributed by atoms with van der Waals surface area (Å²) in [5, 5.41) is 3.19.